The third kappa shape index (κ3) is 3.79. The maximum Gasteiger partial charge on any atom is 0.338 e. The fourth-order valence-electron chi connectivity index (χ4n) is 2.91. The van der Waals surface area contributed by atoms with Crippen LogP contribution in [-0.2, 0) is 19.1 Å². The number of carbonyl (C=O) groups is 2. The van der Waals surface area contributed by atoms with E-state index in [-0.39, 0.29) is 12.5 Å². The van der Waals surface area contributed by atoms with Gasteiger partial charge in [-0.2, -0.15) is 0 Å². The van der Waals surface area contributed by atoms with E-state index in [9.17, 15) is 9.59 Å². The molecule has 3 rings (SSSR count). The van der Waals surface area contributed by atoms with E-state index in [4.69, 9.17) is 21.1 Å². The number of hydrogen-bond acceptors (Lipinski definition) is 6. The lowest BCUT2D eigenvalue weighted by Gasteiger charge is -2.38. The van der Waals surface area contributed by atoms with Crippen molar-refractivity contribution in [1.82, 2.24) is 4.90 Å². The molecule has 1 aromatic carbocycles. The highest BCUT2D eigenvalue weighted by atomic mass is 35.5. The van der Waals surface area contributed by atoms with Crippen molar-refractivity contribution in [3.63, 3.8) is 0 Å². The average Bonchev–Trinajstić information content (AvgIpc) is 2.61. The molecule has 1 fully saturated rings. The summed E-state index contributed by atoms with van der Waals surface area (Å²) in [6, 6.07) is 6.55. The summed E-state index contributed by atoms with van der Waals surface area (Å²) in [6.45, 7) is 2.20. The lowest BCUT2D eigenvalue weighted by molar-refractivity contribution is -0.141. The minimum atomic E-state index is -0.574. The molecule has 2 aliphatic heterocycles. The minimum absolute atomic E-state index is 0.0582. The van der Waals surface area contributed by atoms with Crippen molar-refractivity contribution in [2.24, 2.45) is 4.99 Å². The molecule has 0 aliphatic carbocycles. The van der Waals surface area contributed by atoms with E-state index in [0.29, 0.717) is 40.2 Å². The molecule has 2 aliphatic rings. The molecule has 1 unspecified atom stereocenters. The molecular formula is C18H19ClN2O4S. The van der Waals surface area contributed by atoms with Crippen LogP contribution in [0.15, 0.2) is 40.5 Å². The molecule has 0 N–H and O–H groups in total. The summed E-state index contributed by atoms with van der Waals surface area (Å²) in [7, 11) is 1.54. The number of amidine groups is 1. The standard InChI is InChI=1S/C18H19ClN2O4S/c1-11-15(17(23)25-9-8-24-2)16(12-3-5-13(19)6-4-12)21-14(22)7-10-26-18(21)20-11/h3-6,16H,7-10H2,1-2H3. The second-order valence-corrected chi connectivity index (χ2v) is 7.34. The van der Waals surface area contributed by atoms with E-state index in [1.807, 2.05) is 12.1 Å². The Balaban J connectivity index is 2.03. The Morgan fingerprint density at radius 3 is 2.77 bits per heavy atom. The number of methoxy groups -OCH3 is 1. The van der Waals surface area contributed by atoms with Crippen LogP contribution in [-0.4, -0.2) is 48.0 Å². The Morgan fingerprint density at radius 1 is 1.35 bits per heavy atom. The molecule has 1 aromatic rings. The molecule has 138 valence electrons. The number of carbonyl (C=O) groups excluding carboxylic acids is 2. The van der Waals surface area contributed by atoms with Gasteiger partial charge in [-0.15, -0.1) is 0 Å². The first-order valence-electron chi connectivity index (χ1n) is 8.18. The predicted molar refractivity (Wildman–Crippen MR) is 101 cm³/mol. The van der Waals surface area contributed by atoms with Gasteiger partial charge in [0, 0.05) is 24.3 Å². The van der Waals surface area contributed by atoms with Crippen LogP contribution in [0.3, 0.4) is 0 Å². The molecule has 0 bridgehead atoms. The number of rotatable bonds is 5. The van der Waals surface area contributed by atoms with Crippen LogP contribution in [0, 0.1) is 0 Å². The van der Waals surface area contributed by atoms with E-state index in [1.54, 1.807) is 24.0 Å². The molecule has 8 heteroatoms. The Bertz CT molecular complexity index is 776. The second kappa shape index (κ2) is 8.24. The van der Waals surface area contributed by atoms with Crippen LogP contribution in [0.4, 0.5) is 0 Å². The van der Waals surface area contributed by atoms with Gasteiger partial charge in [-0.25, -0.2) is 9.79 Å². The fourth-order valence-corrected chi connectivity index (χ4v) is 4.05. The Kier molecular flexibility index (Phi) is 6.01. The minimum Gasteiger partial charge on any atom is -0.460 e. The van der Waals surface area contributed by atoms with Gasteiger partial charge in [-0.05, 0) is 24.6 Å². The number of halogens is 1. The quantitative estimate of drug-likeness (QED) is 0.566. The highest BCUT2D eigenvalue weighted by molar-refractivity contribution is 8.14. The maximum absolute atomic E-state index is 12.7. The largest absolute Gasteiger partial charge is 0.460 e. The number of hydrogen-bond donors (Lipinski definition) is 0. The molecule has 1 atom stereocenters. The molecule has 26 heavy (non-hydrogen) atoms. The lowest BCUT2D eigenvalue weighted by Crippen LogP contribution is -2.45. The number of allylic oxidation sites excluding steroid dienone is 1. The van der Waals surface area contributed by atoms with E-state index >= 15 is 0 Å². The summed E-state index contributed by atoms with van der Waals surface area (Å²) in [4.78, 5) is 31.4. The zero-order valence-corrected chi connectivity index (χ0v) is 16.1. The first kappa shape index (κ1) is 18.9. The van der Waals surface area contributed by atoms with Gasteiger partial charge in [0.1, 0.15) is 6.61 Å². The molecular weight excluding hydrogens is 376 g/mol. The molecule has 1 saturated heterocycles. The van der Waals surface area contributed by atoms with Gasteiger partial charge in [-0.3, -0.25) is 9.69 Å². The molecule has 6 nitrogen and oxygen atoms in total. The zero-order valence-electron chi connectivity index (χ0n) is 14.5. The van der Waals surface area contributed by atoms with Gasteiger partial charge < -0.3 is 9.47 Å². The number of thioether (sulfide) groups is 1. The molecule has 2 heterocycles. The summed E-state index contributed by atoms with van der Waals surface area (Å²) in [6.07, 6.45) is 0.402. The predicted octanol–water partition coefficient (Wildman–Crippen LogP) is 3.18. The normalized spacial score (nSPS) is 20.0. The molecule has 0 spiro atoms. The van der Waals surface area contributed by atoms with Crippen LogP contribution < -0.4 is 0 Å². The number of nitrogens with zero attached hydrogens (tertiary/aromatic N) is 2. The van der Waals surface area contributed by atoms with Crippen molar-refractivity contribution < 1.29 is 19.1 Å². The average molecular weight is 395 g/mol. The van der Waals surface area contributed by atoms with Crippen molar-refractivity contribution in [3.05, 3.63) is 46.1 Å². The smallest absolute Gasteiger partial charge is 0.338 e. The van der Waals surface area contributed by atoms with Crippen LogP contribution in [0.1, 0.15) is 24.9 Å². The van der Waals surface area contributed by atoms with Crippen LogP contribution in [0.2, 0.25) is 5.02 Å². The van der Waals surface area contributed by atoms with Crippen LogP contribution in [0.25, 0.3) is 0 Å². The summed E-state index contributed by atoms with van der Waals surface area (Å²) in [5, 5.41) is 1.20. The highest BCUT2D eigenvalue weighted by Crippen LogP contribution is 2.40. The van der Waals surface area contributed by atoms with E-state index in [0.717, 1.165) is 5.56 Å². The van der Waals surface area contributed by atoms with Crippen molar-refractivity contribution in [2.45, 2.75) is 19.4 Å². The van der Waals surface area contributed by atoms with E-state index < -0.39 is 12.0 Å². The monoisotopic (exact) mass is 394 g/mol. The highest BCUT2D eigenvalue weighted by Gasteiger charge is 2.41. The first-order chi connectivity index (χ1) is 12.5. The third-order valence-corrected chi connectivity index (χ3v) is 5.34. The zero-order chi connectivity index (χ0) is 18.7. The number of fused-ring (bicyclic) bond motifs is 1. The number of amides is 1. The van der Waals surface area contributed by atoms with Crippen LogP contribution in [0.5, 0.6) is 0 Å². The SMILES string of the molecule is COCCOC(=O)C1=C(C)N=C2SCCC(=O)N2C1c1ccc(Cl)cc1. The Hall–Kier alpha value is -1.83. The Labute approximate surface area is 161 Å². The van der Waals surface area contributed by atoms with Gasteiger partial charge >= 0.3 is 5.97 Å². The van der Waals surface area contributed by atoms with Gasteiger partial charge in [0.05, 0.1) is 23.9 Å². The molecule has 1 amide bonds. The second-order valence-electron chi connectivity index (χ2n) is 5.84. The van der Waals surface area contributed by atoms with Gasteiger partial charge in [0.25, 0.3) is 0 Å². The third-order valence-electron chi connectivity index (χ3n) is 4.13. The summed E-state index contributed by atoms with van der Waals surface area (Å²) < 4.78 is 10.3. The number of esters is 1. The number of aliphatic imine (C=N–C) groups is 1. The van der Waals surface area contributed by atoms with Gasteiger partial charge in [0.2, 0.25) is 5.91 Å². The number of benzene rings is 1. The lowest BCUT2D eigenvalue weighted by atomic mass is 9.94. The van der Waals surface area contributed by atoms with Crippen molar-refractivity contribution in [2.75, 3.05) is 26.1 Å². The maximum atomic E-state index is 12.7. The summed E-state index contributed by atoms with van der Waals surface area (Å²) in [5.74, 6) is 0.130. The molecule has 0 radical (unpaired) electrons. The van der Waals surface area contributed by atoms with Crippen molar-refractivity contribution in [1.29, 1.82) is 0 Å². The van der Waals surface area contributed by atoms with E-state index in [2.05, 4.69) is 4.99 Å². The van der Waals surface area contributed by atoms with Gasteiger partial charge in [-0.1, -0.05) is 35.5 Å². The van der Waals surface area contributed by atoms with Crippen molar-refractivity contribution in [3.8, 4) is 0 Å². The number of ether oxygens (including phenoxy) is 2. The van der Waals surface area contributed by atoms with Crippen molar-refractivity contribution >= 4 is 40.4 Å². The molecule has 0 aromatic heterocycles. The van der Waals surface area contributed by atoms with Gasteiger partial charge in [0.15, 0.2) is 5.17 Å². The molecule has 0 saturated carbocycles. The Morgan fingerprint density at radius 2 is 2.08 bits per heavy atom. The summed E-state index contributed by atoms with van der Waals surface area (Å²) in [5.41, 5.74) is 1.71. The van der Waals surface area contributed by atoms with Crippen LogP contribution >= 0.6 is 23.4 Å². The summed E-state index contributed by atoms with van der Waals surface area (Å²) >= 11 is 7.52. The van der Waals surface area contributed by atoms with E-state index in [1.165, 1.54) is 18.9 Å². The fraction of sp³-hybridized carbons (Fsp3) is 0.389. The topological polar surface area (TPSA) is 68.2 Å². The first-order valence-corrected chi connectivity index (χ1v) is 9.55.